The van der Waals surface area contributed by atoms with Crippen LogP contribution in [0.5, 0.6) is 0 Å². The zero-order chi connectivity index (χ0) is 11.3. The van der Waals surface area contributed by atoms with Gasteiger partial charge in [-0.2, -0.15) is 9.29 Å². The zero-order valence-electron chi connectivity index (χ0n) is 8.96. The van der Waals surface area contributed by atoms with Gasteiger partial charge in [0.25, 0.3) is 0 Å². The maximum absolute atomic E-state index is 11.8. The van der Waals surface area contributed by atoms with Crippen molar-refractivity contribution >= 4 is 10.0 Å². The molecule has 88 valence electrons. The predicted molar refractivity (Wildman–Crippen MR) is 55.3 cm³/mol. The van der Waals surface area contributed by atoms with Crippen molar-refractivity contribution in [3.8, 4) is 0 Å². The predicted octanol–water partition coefficient (Wildman–Crippen LogP) is 0.269. The Morgan fingerprint density at radius 3 is 2.56 bits per heavy atom. The number of hydrogen-bond donors (Lipinski definition) is 0. The van der Waals surface area contributed by atoms with Crippen molar-refractivity contribution in [3.63, 3.8) is 0 Å². The van der Waals surface area contributed by atoms with Gasteiger partial charge in [-0.1, -0.05) is 5.16 Å². The van der Waals surface area contributed by atoms with E-state index in [2.05, 4.69) is 10.1 Å². The largest absolute Gasteiger partial charge is 0.339 e. The van der Waals surface area contributed by atoms with E-state index in [4.69, 9.17) is 4.52 Å². The molecule has 1 saturated heterocycles. The van der Waals surface area contributed by atoms with Gasteiger partial charge in [0.1, 0.15) is 0 Å². The minimum atomic E-state index is -3.02. The first-order chi connectivity index (χ1) is 7.57. The fourth-order valence-electron chi connectivity index (χ4n) is 1.86. The third-order valence-corrected chi connectivity index (χ3v) is 5.38. The van der Waals surface area contributed by atoms with E-state index in [-0.39, 0.29) is 11.2 Å². The molecular formula is C9H13N3O3S. The van der Waals surface area contributed by atoms with Gasteiger partial charge < -0.3 is 4.52 Å². The van der Waals surface area contributed by atoms with Gasteiger partial charge >= 0.3 is 0 Å². The molecule has 1 saturated carbocycles. The Bertz CT molecular complexity index is 500. The molecule has 0 unspecified atom stereocenters. The van der Waals surface area contributed by atoms with Crippen LogP contribution in [0.4, 0.5) is 0 Å². The second kappa shape index (κ2) is 3.27. The van der Waals surface area contributed by atoms with Crippen LogP contribution in [0.25, 0.3) is 0 Å². The Balaban J connectivity index is 1.66. The van der Waals surface area contributed by atoms with E-state index in [0.717, 1.165) is 12.8 Å². The van der Waals surface area contributed by atoms with Crippen LogP contribution in [0.1, 0.15) is 30.5 Å². The summed E-state index contributed by atoms with van der Waals surface area (Å²) in [5.74, 6) is 1.23. The van der Waals surface area contributed by atoms with E-state index < -0.39 is 10.0 Å². The molecule has 1 aromatic rings. The van der Waals surface area contributed by atoms with Crippen molar-refractivity contribution in [2.24, 2.45) is 0 Å². The summed E-state index contributed by atoms with van der Waals surface area (Å²) in [6, 6.07) is 0. The van der Waals surface area contributed by atoms with Crippen LogP contribution in [-0.4, -0.2) is 41.2 Å². The van der Waals surface area contributed by atoms with Crippen LogP contribution < -0.4 is 0 Å². The Morgan fingerprint density at radius 1 is 1.38 bits per heavy atom. The van der Waals surface area contributed by atoms with Crippen molar-refractivity contribution < 1.29 is 12.9 Å². The molecule has 0 radical (unpaired) electrons. The Hall–Kier alpha value is -0.950. The Morgan fingerprint density at radius 2 is 2.06 bits per heavy atom. The molecule has 2 heterocycles. The van der Waals surface area contributed by atoms with E-state index in [0.29, 0.717) is 24.8 Å². The molecule has 16 heavy (non-hydrogen) atoms. The molecule has 2 aliphatic rings. The van der Waals surface area contributed by atoms with Gasteiger partial charge in [-0.15, -0.1) is 0 Å². The topological polar surface area (TPSA) is 76.3 Å². The fourth-order valence-corrected chi connectivity index (χ4v) is 3.79. The molecule has 0 amide bonds. The second-order valence-electron chi connectivity index (χ2n) is 4.44. The number of hydrogen-bond acceptors (Lipinski definition) is 5. The maximum Gasteiger partial charge on any atom is 0.232 e. The van der Waals surface area contributed by atoms with Gasteiger partial charge in [-0.05, 0) is 19.8 Å². The molecule has 0 aromatic carbocycles. The molecule has 1 aliphatic heterocycles. The van der Waals surface area contributed by atoms with Crippen LogP contribution in [0.15, 0.2) is 4.52 Å². The summed E-state index contributed by atoms with van der Waals surface area (Å²) in [5, 5.41) is 3.57. The van der Waals surface area contributed by atoms with Crippen molar-refractivity contribution in [2.45, 2.75) is 30.9 Å². The number of aromatic nitrogens is 2. The van der Waals surface area contributed by atoms with Gasteiger partial charge in [0.05, 0.1) is 11.2 Å². The lowest BCUT2D eigenvalue weighted by atomic mass is 10.0. The van der Waals surface area contributed by atoms with E-state index >= 15 is 0 Å². The van der Waals surface area contributed by atoms with Gasteiger partial charge in [0, 0.05) is 13.1 Å². The molecule has 0 atom stereocenters. The molecule has 1 aliphatic carbocycles. The van der Waals surface area contributed by atoms with E-state index in [1.54, 1.807) is 6.92 Å². The number of nitrogens with zero attached hydrogens (tertiary/aromatic N) is 3. The molecular weight excluding hydrogens is 230 g/mol. The van der Waals surface area contributed by atoms with Gasteiger partial charge in [-0.3, -0.25) is 0 Å². The van der Waals surface area contributed by atoms with Crippen LogP contribution >= 0.6 is 0 Å². The molecule has 6 nitrogen and oxygen atoms in total. The summed E-state index contributed by atoms with van der Waals surface area (Å²) in [6.45, 7) is 2.73. The summed E-state index contributed by atoms with van der Waals surface area (Å²) in [5.41, 5.74) is 0. The Labute approximate surface area is 93.7 Å². The highest BCUT2D eigenvalue weighted by Crippen LogP contribution is 2.36. The van der Waals surface area contributed by atoms with E-state index in [9.17, 15) is 8.42 Å². The van der Waals surface area contributed by atoms with Crippen molar-refractivity contribution in [1.82, 2.24) is 14.4 Å². The fraction of sp³-hybridized carbons (Fsp3) is 0.778. The molecule has 0 N–H and O–H groups in total. The van der Waals surface area contributed by atoms with E-state index in [1.165, 1.54) is 4.31 Å². The number of aryl methyl sites for hydroxylation is 1. The smallest absolute Gasteiger partial charge is 0.232 e. The molecule has 3 rings (SSSR count). The van der Waals surface area contributed by atoms with Gasteiger partial charge in [0.15, 0.2) is 5.82 Å². The zero-order valence-corrected chi connectivity index (χ0v) is 9.77. The SMILES string of the molecule is Cc1noc(C2CN(S(=O)(=O)C3CC3)C2)n1. The summed E-state index contributed by atoms with van der Waals surface area (Å²) in [7, 11) is -3.02. The highest BCUT2D eigenvalue weighted by molar-refractivity contribution is 7.90. The van der Waals surface area contributed by atoms with Crippen LogP contribution in [0, 0.1) is 6.92 Å². The van der Waals surface area contributed by atoms with Gasteiger partial charge in [0.2, 0.25) is 15.9 Å². The quantitative estimate of drug-likeness (QED) is 0.761. The molecule has 2 fully saturated rings. The third kappa shape index (κ3) is 1.54. The summed E-state index contributed by atoms with van der Waals surface area (Å²) < 4.78 is 30.2. The standard InChI is InChI=1S/C9H13N3O3S/c1-6-10-9(15-11-6)7-4-12(5-7)16(13,14)8-2-3-8/h7-8H,2-5H2,1H3. The van der Waals surface area contributed by atoms with Crippen molar-refractivity contribution in [1.29, 1.82) is 0 Å². The monoisotopic (exact) mass is 243 g/mol. The minimum Gasteiger partial charge on any atom is -0.339 e. The summed E-state index contributed by atoms with van der Waals surface area (Å²) in [4.78, 5) is 4.11. The lowest BCUT2D eigenvalue weighted by Crippen LogP contribution is -2.49. The van der Waals surface area contributed by atoms with Crippen LogP contribution in [0.3, 0.4) is 0 Å². The lowest BCUT2D eigenvalue weighted by Gasteiger charge is -2.35. The first kappa shape index (κ1) is 10.2. The number of rotatable bonds is 3. The first-order valence-electron chi connectivity index (χ1n) is 5.36. The van der Waals surface area contributed by atoms with Gasteiger partial charge in [-0.25, -0.2) is 8.42 Å². The molecule has 0 spiro atoms. The minimum absolute atomic E-state index is 0.0784. The average molecular weight is 243 g/mol. The maximum atomic E-state index is 11.8. The molecule has 1 aromatic heterocycles. The first-order valence-corrected chi connectivity index (χ1v) is 6.87. The number of sulfonamides is 1. The normalized spacial score (nSPS) is 23.3. The molecule has 7 heteroatoms. The third-order valence-electron chi connectivity index (χ3n) is 3.05. The van der Waals surface area contributed by atoms with Crippen LogP contribution in [0.2, 0.25) is 0 Å². The summed E-state index contributed by atoms with van der Waals surface area (Å²) in [6.07, 6.45) is 1.62. The highest BCUT2D eigenvalue weighted by Gasteiger charge is 2.46. The van der Waals surface area contributed by atoms with Crippen molar-refractivity contribution in [3.05, 3.63) is 11.7 Å². The lowest BCUT2D eigenvalue weighted by molar-refractivity contribution is 0.216. The van der Waals surface area contributed by atoms with Crippen molar-refractivity contribution in [2.75, 3.05) is 13.1 Å². The highest BCUT2D eigenvalue weighted by atomic mass is 32.2. The molecule has 0 bridgehead atoms. The second-order valence-corrected chi connectivity index (χ2v) is 6.65. The Kier molecular flexibility index (Phi) is 2.09. The van der Waals surface area contributed by atoms with Crippen LogP contribution in [-0.2, 0) is 10.0 Å². The summed E-state index contributed by atoms with van der Waals surface area (Å²) >= 11 is 0. The average Bonchev–Trinajstić information content (AvgIpc) is 2.89. The van der Waals surface area contributed by atoms with E-state index in [1.807, 2.05) is 0 Å².